The number of aliphatic carboxylic acids is 1. The Labute approximate surface area is 153 Å². The van der Waals surface area contributed by atoms with Crippen LogP contribution in [0.3, 0.4) is 0 Å². The van der Waals surface area contributed by atoms with Crippen LogP contribution in [-0.4, -0.2) is 47.4 Å². The van der Waals surface area contributed by atoms with E-state index in [4.69, 9.17) is 5.11 Å². The highest BCUT2D eigenvalue weighted by Gasteiger charge is 2.38. The van der Waals surface area contributed by atoms with Crippen LogP contribution in [-0.2, 0) is 20.8 Å². The highest BCUT2D eigenvalue weighted by Crippen LogP contribution is 2.28. The van der Waals surface area contributed by atoms with Crippen LogP contribution in [0, 0.1) is 11.8 Å². The van der Waals surface area contributed by atoms with E-state index in [1.165, 1.54) is 5.56 Å². The average molecular weight is 358 g/mol. The molecule has 2 amide bonds. The zero-order chi connectivity index (χ0) is 18.7. The van der Waals surface area contributed by atoms with Crippen LogP contribution in [0.5, 0.6) is 0 Å². The van der Waals surface area contributed by atoms with Crippen LogP contribution in [0.2, 0.25) is 0 Å². The number of aryl methyl sites for hydroxylation is 1. The van der Waals surface area contributed by atoms with Crippen molar-refractivity contribution in [3.05, 3.63) is 29.8 Å². The lowest BCUT2D eigenvalue weighted by Gasteiger charge is -2.31. The predicted molar refractivity (Wildman–Crippen MR) is 97.8 cm³/mol. The first-order valence-corrected chi connectivity index (χ1v) is 9.40. The predicted octanol–water partition coefficient (Wildman–Crippen LogP) is 2.32. The number of hydrogen-bond donors (Lipinski definition) is 1. The van der Waals surface area contributed by atoms with Crippen molar-refractivity contribution in [1.29, 1.82) is 0 Å². The molecular formula is C20H26N2O4. The SMILES string of the molecule is CCCc1ccc(N2CC(C(=O)N3CCC(C(=O)O)CC3)CC2=O)cc1. The van der Waals surface area contributed by atoms with Crippen molar-refractivity contribution in [2.45, 2.75) is 39.0 Å². The third kappa shape index (κ3) is 3.89. The second-order valence-corrected chi connectivity index (χ2v) is 7.26. The number of amides is 2. The molecule has 0 radical (unpaired) electrons. The minimum absolute atomic E-state index is 0.0210. The zero-order valence-corrected chi connectivity index (χ0v) is 15.2. The van der Waals surface area contributed by atoms with E-state index in [0.29, 0.717) is 32.5 Å². The van der Waals surface area contributed by atoms with Crippen LogP contribution < -0.4 is 4.90 Å². The highest BCUT2D eigenvalue weighted by molar-refractivity contribution is 6.00. The summed E-state index contributed by atoms with van der Waals surface area (Å²) < 4.78 is 0. The smallest absolute Gasteiger partial charge is 0.306 e. The molecule has 6 heteroatoms. The Bertz CT molecular complexity index is 678. The van der Waals surface area contributed by atoms with Gasteiger partial charge in [-0.15, -0.1) is 0 Å². The maximum atomic E-state index is 12.7. The van der Waals surface area contributed by atoms with E-state index in [1.54, 1.807) is 9.80 Å². The first-order valence-electron chi connectivity index (χ1n) is 9.40. The average Bonchev–Trinajstić information content (AvgIpc) is 3.04. The summed E-state index contributed by atoms with van der Waals surface area (Å²) in [5.41, 5.74) is 2.09. The second-order valence-electron chi connectivity index (χ2n) is 7.26. The van der Waals surface area contributed by atoms with E-state index in [2.05, 4.69) is 6.92 Å². The molecule has 2 aliphatic heterocycles. The number of likely N-dealkylation sites (tertiary alicyclic amines) is 1. The monoisotopic (exact) mass is 358 g/mol. The third-order valence-corrected chi connectivity index (χ3v) is 5.42. The molecule has 2 heterocycles. The van der Waals surface area contributed by atoms with Crippen molar-refractivity contribution in [2.75, 3.05) is 24.5 Å². The van der Waals surface area contributed by atoms with Crippen molar-refractivity contribution >= 4 is 23.5 Å². The Morgan fingerprint density at radius 2 is 1.77 bits per heavy atom. The molecule has 1 aromatic rings. The standard InChI is InChI=1S/C20H26N2O4/c1-2-3-14-4-6-17(7-5-14)22-13-16(12-18(22)23)19(24)21-10-8-15(9-11-21)20(25)26/h4-7,15-16H,2-3,8-13H2,1H3,(H,25,26). The minimum atomic E-state index is -0.786. The lowest BCUT2D eigenvalue weighted by molar-refractivity contribution is -0.146. The van der Waals surface area contributed by atoms with E-state index < -0.39 is 5.97 Å². The number of carboxylic acid groups (broad SMARTS) is 1. The summed E-state index contributed by atoms with van der Waals surface area (Å²) in [7, 11) is 0. The third-order valence-electron chi connectivity index (χ3n) is 5.42. The molecule has 1 aromatic carbocycles. The van der Waals surface area contributed by atoms with Crippen LogP contribution in [0.25, 0.3) is 0 Å². The summed E-state index contributed by atoms with van der Waals surface area (Å²) in [6.07, 6.45) is 3.31. The summed E-state index contributed by atoms with van der Waals surface area (Å²) in [4.78, 5) is 39.6. The van der Waals surface area contributed by atoms with Gasteiger partial charge in [-0.25, -0.2) is 0 Å². The fourth-order valence-corrected chi connectivity index (χ4v) is 3.86. The summed E-state index contributed by atoms with van der Waals surface area (Å²) in [6.45, 7) is 3.47. The first kappa shape index (κ1) is 18.4. The molecule has 2 aliphatic rings. The van der Waals surface area contributed by atoms with Crippen LogP contribution in [0.4, 0.5) is 5.69 Å². The Hall–Kier alpha value is -2.37. The van der Waals surface area contributed by atoms with Crippen molar-refractivity contribution in [3.63, 3.8) is 0 Å². The number of carbonyl (C=O) groups is 3. The summed E-state index contributed by atoms with van der Waals surface area (Å²) in [5, 5.41) is 9.07. The molecule has 1 unspecified atom stereocenters. The normalized spacial score (nSPS) is 21.3. The molecular weight excluding hydrogens is 332 g/mol. The van der Waals surface area contributed by atoms with Gasteiger partial charge >= 0.3 is 5.97 Å². The van der Waals surface area contributed by atoms with E-state index >= 15 is 0 Å². The lowest BCUT2D eigenvalue weighted by Crippen LogP contribution is -2.43. The topological polar surface area (TPSA) is 77.9 Å². The van der Waals surface area contributed by atoms with Gasteiger partial charge in [0.25, 0.3) is 0 Å². The number of piperidine rings is 1. The van der Waals surface area contributed by atoms with Crippen molar-refractivity contribution in [3.8, 4) is 0 Å². The molecule has 0 saturated carbocycles. The van der Waals surface area contributed by atoms with Gasteiger partial charge in [-0.3, -0.25) is 14.4 Å². The molecule has 0 spiro atoms. The van der Waals surface area contributed by atoms with Gasteiger partial charge in [0.1, 0.15) is 0 Å². The fourth-order valence-electron chi connectivity index (χ4n) is 3.86. The number of carboxylic acids is 1. The molecule has 0 aromatic heterocycles. The second kappa shape index (κ2) is 7.89. The molecule has 2 fully saturated rings. The molecule has 26 heavy (non-hydrogen) atoms. The zero-order valence-electron chi connectivity index (χ0n) is 15.2. The van der Waals surface area contributed by atoms with Crippen molar-refractivity contribution in [2.24, 2.45) is 11.8 Å². The molecule has 1 atom stereocenters. The molecule has 6 nitrogen and oxygen atoms in total. The van der Waals surface area contributed by atoms with E-state index in [0.717, 1.165) is 18.5 Å². The van der Waals surface area contributed by atoms with Crippen LogP contribution >= 0.6 is 0 Å². The lowest BCUT2D eigenvalue weighted by atomic mass is 9.95. The van der Waals surface area contributed by atoms with Gasteiger partial charge in [0.2, 0.25) is 11.8 Å². The highest BCUT2D eigenvalue weighted by atomic mass is 16.4. The van der Waals surface area contributed by atoms with Gasteiger partial charge in [-0.1, -0.05) is 25.5 Å². The number of benzene rings is 1. The number of hydrogen-bond acceptors (Lipinski definition) is 3. The fraction of sp³-hybridized carbons (Fsp3) is 0.550. The van der Waals surface area contributed by atoms with Gasteiger partial charge < -0.3 is 14.9 Å². The quantitative estimate of drug-likeness (QED) is 0.876. The number of anilines is 1. The molecule has 140 valence electrons. The van der Waals surface area contributed by atoms with Crippen molar-refractivity contribution < 1.29 is 19.5 Å². The first-order chi connectivity index (χ1) is 12.5. The summed E-state index contributed by atoms with van der Waals surface area (Å²) in [5.74, 6) is -1.52. The van der Waals surface area contributed by atoms with Gasteiger partial charge in [0.05, 0.1) is 11.8 Å². The Kier molecular flexibility index (Phi) is 5.59. The number of carbonyl (C=O) groups excluding carboxylic acids is 2. The molecule has 0 aliphatic carbocycles. The number of nitrogens with zero attached hydrogens (tertiary/aromatic N) is 2. The van der Waals surface area contributed by atoms with Crippen molar-refractivity contribution in [1.82, 2.24) is 4.90 Å². The summed E-state index contributed by atoms with van der Waals surface area (Å²) >= 11 is 0. The largest absolute Gasteiger partial charge is 0.481 e. The molecule has 1 N–H and O–H groups in total. The summed E-state index contributed by atoms with van der Waals surface area (Å²) in [6, 6.07) is 7.98. The molecule has 3 rings (SSSR count). The van der Waals surface area contributed by atoms with Gasteiger partial charge in [0, 0.05) is 31.7 Å². The maximum absolute atomic E-state index is 12.7. The molecule has 2 saturated heterocycles. The van der Waals surface area contributed by atoms with E-state index in [9.17, 15) is 14.4 Å². The van der Waals surface area contributed by atoms with E-state index in [1.807, 2.05) is 24.3 Å². The Morgan fingerprint density at radius 1 is 1.12 bits per heavy atom. The van der Waals surface area contributed by atoms with Gasteiger partial charge in [-0.2, -0.15) is 0 Å². The number of rotatable bonds is 5. The Morgan fingerprint density at radius 3 is 2.35 bits per heavy atom. The maximum Gasteiger partial charge on any atom is 0.306 e. The minimum Gasteiger partial charge on any atom is -0.481 e. The van der Waals surface area contributed by atoms with Gasteiger partial charge in [-0.05, 0) is 37.0 Å². The van der Waals surface area contributed by atoms with Crippen LogP contribution in [0.15, 0.2) is 24.3 Å². The van der Waals surface area contributed by atoms with Gasteiger partial charge in [0.15, 0.2) is 0 Å². The van der Waals surface area contributed by atoms with E-state index in [-0.39, 0.29) is 30.1 Å². The van der Waals surface area contributed by atoms with Crippen LogP contribution in [0.1, 0.15) is 38.2 Å². The molecule has 0 bridgehead atoms. The Balaban J connectivity index is 1.60.